The quantitative estimate of drug-likeness (QED) is 0.704. The van der Waals surface area contributed by atoms with Crippen LogP contribution in [0.3, 0.4) is 0 Å². The number of imide groups is 1. The summed E-state index contributed by atoms with van der Waals surface area (Å²) in [5.74, 6) is -2.75. The average molecular weight is 415 g/mol. The Morgan fingerprint density at radius 1 is 1.00 bits per heavy atom. The van der Waals surface area contributed by atoms with Crippen LogP contribution in [0.1, 0.15) is 41.6 Å². The Balaban J connectivity index is 1.75. The van der Waals surface area contributed by atoms with Gasteiger partial charge in [-0.15, -0.1) is 0 Å². The van der Waals surface area contributed by atoms with Crippen LogP contribution in [0.4, 0.5) is 4.39 Å². The van der Waals surface area contributed by atoms with Crippen LogP contribution in [0.15, 0.2) is 48.5 Å². The van der Waals surface area contributed by atoms with E-state index in [1.165, 1.54) is 18.2 Å². The molecule has 0 radical (unpaired) electrons. The molecule has 1 heterocycles. The number of fused-ring (bicyclic) bond motifs is 1. The van der Waals surface area contributed by atoms with Gasteiger partial charge in [-0.2, -0.15) is 5.01 Å². The van der Waals surface area contributed by atoms with E-state index in [2.05, 4.69) is 0 Å². The number of hydrazine groups is 1. The van der Waals surface area contributed by atoms with Gasteiger partial charge in [-0.1, -0.05) is 54.8 Å². The molecule has 0 bridgehead atoms. The standard InChI is InChI=1S/C22H20ClFN2O3/c23-18-11-5-4-10-17(18)20(27)25(13-14-7-1-6-12-19(14)24)26-21(28)15-8-2-3-9-16(15)22(26)29/h1,4-7,10-12,15-16H,2-3,8-9,13H2/t15-,16+. The molecule has 5 nitrogen and oxygen atoms in total. The second-order valence-corrected chi connectivity index (χ2v) is 7.83. The van der Waals surface area contributed by atoms with E-state index in [4.69, 9.17) is 11.6 Å². The highest BCUT2D eigenvalue weighted by Crippen LogP contribution is 2.39. The summed E-state index contributed by atoms with van der Waals surface area (Å²) >= 11 is 6.19. The van der Waals surface area contributed by atoms with Gasteiger partial charge in [0.1, 0.15) is 5.82 Å². The van der Waals surface area contributed by atoms with Crippen LogP contribution < -0.4 is 0 Å². The summed E-state index contributed by atoms with van der Waals surface area (Å²) in [6.07, 6.45) is 3.00. The number of carbonyl (C=O) groups is 3. The fourth-order valence-corrected chi connectivity index (χ4v) is 4.39. The van der Waals surface area contributed by atoms with Crippen molar-refractivity contribution in [2.45, 2.75) is 32.2 Å². The number of rotatable bonds is 4. The number of benzene rings is 2. The summed E-state index contributed by atoms with van der Waals surface area (Å²) in [7, 11) is 0. The summed E-state index contributed by atoms with van der Waals surface area (Å²) in [5, 5.41) is 2.18. The smallest absolute Gasteiger partial charge is 0.272 e. The minimum Gasteiger partial charge on any atom is -0.272 e. The third kappa shape index (κ3) is 3.53. The number of hydrogen-bond donors (Lipinski definition) is 0. The van der Waals surface area contributed by atoms with E-state index in [1.54, 1.807) is 30.3 Å². The Bertz CT molecular complexity index is 956. The molecule has 0 spiro atoms. The zero-order chi connectivity index (χ0) is 20.5. The SMILES string of the molecule is O=C(c1ccccc1Cl)N(Cc1ccccc1F)N1C(=O)[C@H]2CCCC[C@H]2C1=O. The first-order valence-corrected chi connectivity index (χ1v) is 10.0. The molecular formula is C22H20ClFN2O3. The van der Waals surface area contributed by atoms with Crippen molar-refractivity contribution < 1.29 is 18.8 Å². The zero-order valence-corrected chi connectivity index (χ0v) is 16.4. The Hall–Kier alpha value is -2.73. The van der Waals surface area contributed by atoms with Crippen molar-refractivity contribution in [3.63, 3.8) is 0 Å². The molecule has 150 valence electrons. The molecule has 0 unspecified atom stereocenters. The van der Waals surface area contributed by atoms with Crippen molar-refractivity contribution in [3.8, 4) is 0 Å². The van der Waals surface area contributed by atoms with Crippen LogP contribution in [0, 0.1) is 17.7 Å². The predicted octanol–water partition coefficient (Wildman–Crippen LogP) is 4.21. The second kappa shape index (κ2) is 7.95. The van der Waals surface area contributed by atoms with Crippen LogP contribution >= 0.6 is 11.6 Å². The van der Waals surface area contributed by atoms with Crippen LogP contribution in [0.2, 0.25) is 5.02 Å². The van der Waals surface area contributed by atoms with Gasteiger partial charge in [-0.25, -0.2) is 9.40 Å². The number of nitrogens with zero attached hydrogens (tertiary/aromatic N) is 2. The van der Waals surface area contributed by atoms with Crippen LogP contribution in [-0.4, -0.2) is 27.7 Å². The minimum absolute atomic E-state index is 0.154. The highest BCUT2D eigenvalue weighted by molar-refractivity contribution is 6.33. The largest absolute Gasteiger partial charge is 0.274 e. The molecule has 2 aromatic carbocycles. The van der Waals surface area contributed by atoms with Gasteiger partial charge in [0.25, 0.3) is 17.7 Å². The number of carbonyl (C=O) groups excluding carboxylic acids is 3. The minimum atomic E-state index is -0.612. The molecule has 1 aliphatic heterocycles. The van der Waals surface area contributed by atoms with Crippen LogP contribution in [0.25, 0.3) is 0 Å². The van der Waals surface area contributed by atoms with E-state index in [9.17, 15) is 18.8 Å². The van der Waals surface area contributed by atoms with Gasteiger partial charge in [0, 0.05) is 5.56 Å². The van der Waals surface area contributed by atoms with Gasteiger partial charge in [0.2, 0.25) is 0 Å². The molecule has 29 heavy (non-hydrogen) atoms. The number of halogens is 2. The van der Waals surface area contributed by atoms with Crippen LogP contribution in [-0.2, 0) is 16.1 Å². The lowest BCUT2D eigenvalue weighted by molar-refractivity contribution is -0.155. The summed E-state index contributed by atoms with van der Waals surface area (Å²) in [6, 6.07) is 12.4. The average Bonchev–Trinajstić information content (AvgIpc) is 2.98. The van der Waals surface area contributed by atoms with Gasteiger partial charge in [-0.3, -0.25) is 14.4 Å². The zero-order valence-electron chi connectivity index (χ0n) is 15.7. The van der Waals surface area contributed by atoms with E-state index in [1.807, 2.05) is 0 Å². The molecule has 2 aromatic rings. The number of hydrogen-bond acceptors (Lipinski definition) is 3. The molecule has 2 atom stereocenters. The Labute approximate surface area is 173 Å². The van der Waals surface area contributed by atoms with E-state index < -0.39 is 35.4 Å². The maximum absolute atomic E-state index is 14.3. The molecule has 3 amide bonds. The maximum atomic E-state index is 14.3. The molecule has 1 saturated carbocycles. The molecule has 1 saturated heterocycles. The lowest BCUT2D eigenvalue weighted by atomic mass is 9.81. The Morgan fingerprint density at radius 3 is 2.21 bits per heavy atom. The highest BCUT2D eigenvalue weighted by atomic mass is 35.5. The lowest BCUT2D eigenvalue weighted by Crippen LogP contribution is -2.50. The van der Waals surface area contributed by atoms with Gasteiger partial charge in [0.05, 0.1) is 29.0 Å². The monoisotopic (exact) mass is 414 g/mol. The predicted molar refractivity (Wildman–Crippen MR) is 105 cm³/mol. The fourth-order valence-electron chi connectivity index (χ4n) is 4.18. The Morgan fingerprint density at radius 2 is 1.59 bits per heavy atom. The van der Waals surface area contributed by atoms with E-state index >= 15 is 0 Å². The fraction of sp³-hybridized carbons (Fsp3) is 0.318. The maximum Gasteiger partial charge on any atom is 0.274 e. The summed E-state index contributed by atoms with van der Waals surface area (Å²) in [5.41, 5.74) is 0.365. The summed E-state index contributed by atoms with van der Waals surface area (Å²) in [4.78, 5) is 39.5. The third-order valence-corrected chi connectivity index (χ3v) is 6.01. The molecule has 1 aliphatic carbocycles. The first kappa shape index (κ1) is 19.6. The summed E-state index contributed by atoms with van der Waals surface area (Å²) < 4.78 is 14.3. The lowest BCUT2D eigenvalue weighted by Gasteiger charge is -2.31. The van der Waals surface area contributed by atoms with E-state index in [0.29, 0.717) is 12.8 Å². The van der Waals surface area contributed by atoms with Crippen molar-refractivity contribution in [3.05, 3.63) is 70.5 Å². The first-order valence-electron chi connectivity index (χ1n) is 9.66. The molecular weight excluding hydrogens is 395 g/mol. The number of amides is 3. The molecule has 7 heteroatoms. The second-order valence-electron chi connectivity index (χ2n) is 7.42. The highest BCUT2D eigenvalue weighted by Gasteiger charge is 2.51. The van der Waals surface area contributed by atoms with Crippen LogP contribution in [0.5, 0.6) is 0 Å². The molecule has 0 aromatic heterocycles. The van der Waals surface area contributed by atoms with Gasteiger partial charge in [-0.05, 0) is 31.0 Å². The van der Waals surface area contributed by atoms with Crippen molar-refractivity contribution in [2.24, 2.45) is 11.8 Å². The molecule has 2 aliphatic rings. The van der Waals surface area contributed by atoms with E-state index in [0.717, 1.165) is 22.9 Å². The van der Waals surface area contributed by atoms with Crippen molar-refractivity contribution in [2.75, 3.05) is 0 Å². The topological polar surface area (TPSA) is 57.7 Å². The molecule has 2 fully saturated rings. The summed E-state index contributed by atoms with van der Waals surface area (Å²) in [6.45, 7) is -0.242. The van der Waals surface area contributed by atoms with Crippen molar-refractivity contribution >= 4 is 29.3 Å². The normalized spacial score (nSPS) is 21.2. The van der Waals surface area contributed by atoms with E-state index in [-0.39, 0.29) is 22.7 Å². The Kier molecular flexibility index (Phi) is 5.37. The molecule has 0 N–H and O–H groups in total. The van der Waals surface area contributed by atoms with Gasteiger partial charge >= 0.3 is 0 Å². The first-order chi connectivity index (χ1) is 14.0. The van der Waals surface area contributed by atoms with Gasteiger partial charge < -0.3 is 0 Å². The van der Waals surface area contributed by atoms with Crippen molar-refractivity contribution in [1.29, 1.82) is 0 Å². The van der Waals surface area contributed by atoms with Gasteiger partial charge in [0.15, 0.2) is 0 Å². The van der Waals surface area contributed by atoms with Crippen molar-refractivity contribution in [1.82, 2.24) is 10.0 Å². The third-order valence-electron chi connectivity index (χ3n) is 5.68. The molecule has 4 rings (SSSR count).